The van der Waals surface area contributed by atoms with Crippen molar-refractivity contribution in [2.24, 2.45) is 0 Å². The van der Waals surface area contributed by atoms with Gasteiger partial charge in [-0.2, -0.15) is 0 Å². The molecule has 2 N–H and O–H groups in total. The maximum Gasteiger partial charge on any atom is 0.318 e. The molecule has 0 saturated carbocycles. The molecule has 2 aliphatic rings. The van der Waals surface area contributed by atoms with E-state index in [0.717, 1.165) is 16.8 Å². The minimum absolute atomic E-state index is 0.159. The molecule has 0 bridgehead atoms. The van der Waals surface area contributed by atoms with Gasteiger partial charge in [0.05, 0.1) is 43.4 Å². The highest BCUT2D eigenvalue weighted by atomic mass is 19.1. The summed E-state index contributed by atoms with van der Waals surface area (Å²) >= 11 is 0. The van der Waals surface area contributed by atoms with Crippen LogP contribution in [0.3, 0.4) is 0 Å². The van der Waals surface area contributed by atoms with Gasteiger partial charge in [0.2, 0.25) is 6.29 Å². The number of carbonyl (C=O) groups is 1. The molecule has 0 unspecified atom stereocenters. The molecule has 178 valence electrons. The number of amides is 2. The first kappa shape index (κ1) is 22.5. The number of hydrogen-bond donors (Lipinski definition) is 2. The summed E-state index contributed by atoms with van der Waals surface area (Å²) in [6, 6.07) is 9.73. The lowest BCUT2D eigenvalue weighted by atomic mass is 10.0. The molecule has 0 atom stereocenters. The Morgan fingerprint density at radius 1 is 1.09 bits per heavy atom. The quantitative estimate of drug-likeness (QED) is 0.612. The third-order valence-corrected chi connectivity index (χ3v) is 5.85. The lowest BCUT2D eigenvalue weighted by molar-refractivity contribution is -0.216. The first-order valence-electron chi connectivity index (χ1n) is 11.2. The summed E-state index contributed by atoms with van der Waals surface area (Å²) in [4.78, 5) is 26.5. The van der Waals surface area contributed by atoms with Crippen molar-refractivity contribution in [2.75, 3.05) is 39.5 Å². The van der Waals surface area contributed by atoms with E-state index in [1.807, 2.05) is 19.1 Å². The van der Waals surface area contributed by atoms with Gasteiger partial charge in [0.25, 0.3) is 0 Å². The average molecular weight is 468 g/mol. The molecule has 2 amide bonds. The number of hydrogen-bond acceptors (Lipinski definition) is 6. The molecule has 5 rings (SSSR count). The molecule has 0 aliphatic carbocycles. The second-order valence-corrected chi connectivity index (χ2v) is 8.63. The van der Waals surface area contributed by atoms with Crippen LogP contribution in [-0.4, -0.2) is 70.9 Å². The van der Waals surface area contributed by atoms with Crippen molar-refractivity contribution >= 4 is 6.03 Å². The third kappa shape index (κ3) is 4.79. The summed E-state index contributed by atoms with van der Waals surface area (Å²) < 4.78 is 30.8. The molecule has 1 aromatic carbocycles. The molecule has 4 heterocycles. The van der Waals surface area contributed by atoms with Crippen molar-refractivity contribution in [2.45, 2.75) is 18.8 Å². The van der Waals surface area contributed by atoms with Gasteiger partial charge >= 0.3 is 6.03 Å². The number of carbonyl (C=O) groups excluding carboxylic acids is 1. The Kier molecular flexibility index (Phi) is 6.27. The molecule has 10 heteroatoms. The van der Waals surface area contributed by atoms with Crippen molar-refractivity contribution in [1.82, 2.24) is 25.2 Å². The molecule has 2 saturated heterocycles. The van der Waals surface area contributed by atoms with E-state index < -0.39 is 11.8 Å². The zero-order valence-electron chi connectivity index (χ0n) is 18.8. The molecule has 2 aliphatic heterocycles. The van der Waals surface area contributed by atoms with Crippen LogP contribution in [-0.2, 0) is 14.2 Å². The molecular formula is C24H26FN5O4. The summed E-state index contributed by atoms with van der Waals surface area (Å²) in [6.07, 6.45) is 2.66. The van der Waals surface area contributed by atoms with Gasteiger partial charge in [-0.3, -0.25) is 4.98 Å². The Balaban J connectivity index is 1.33. The van der Waals surface area contributed by atoms with Crippen molar-refractivity contribution in [3.05, 3.63) is 60.4 Å². The first-order chi connectivity index (χ1) is 16.5. The standard InChI is InChI=1S/C24H26FN5O4/c1-24(29-23(31)30-10-12-32-13-11-30)14-33-22(34-15-24)21-27-19(16-2-4-18(25)5-3-16)20(28-21)17-6-8-26-9-7-17/h2-9,22H,10-15H2,1H3,(H,27,28)(H,29,31). The smallest absolute Gasteiger partial charge is 0.318 e. The highest BCUT2D eigenvalue weighted by molar-refractivity contribution is 5.78. The van der Waals surface area contributed by atoms with Gasteiger partial charge in [-0.05, 0) is 43.3 Å². The van der Waals surface area contributed by atoms with Crippen LogP contribution >= 0.6 is 0 Å². The predicted molar refractivity (Wildman–Crippen MR) is 121 cm³/mol. The minimum atomic E-state index is -0.733. The van der Waals surface area contributed by atoms with E-state index >= 15 is 0 Å². The first-order valence-corrected chi connectivity index (χ1v) is 11.2. The number of benzene rings is 1. The number of pyridine rings is 1. The summed E-state index contributed by atoms with van der Waals surface area (Å²) in [6.45, 7) is 4.58. The zero-order valence-corrected chi connectivity index (χ0v) is 18.8. The Morgan fingerprint density at radius 3 is 2.44 bits per heavy atom. The van der Waals surface area contributed by atoms with Crippen LogP contribution in [0.5, 0.6) is 0 Å². The number of aromatic amines is 1. The number of urea groups is 1. The van der Waals surface area contributed by atoms with E-state index in [0.29, 0.717) is 37.8 Å². The molecule has 2 fully saturated rings. The number of nitrogens with zero attached hydrogens (tertiary/aromatic N) is 3. The third-order valence-electron chi connectivity index (χ3n) is 5.85. The lowest BCUT2D eigenvalue weighted by Crippen LogP contribution is -2.59. The Labute approximate surface area is 196 Å². The van der Waals surface area contributed by atoms with Gasteiger partial charge in [0, 0.05) is 36.6 Å². The second kappa shape index (κ2) is 9.49. The molecular weight excluding hydrogens is 441 g/mol. The number of H-pyrrole nitrogens is 1. The highest BCUT2D eigenvalue weighted by Gasteiger charge is 2.37. The van der Waals surface area contributed by atoms with E-state index in [-0.39, 0.29) is 25.1 Å². The summed E-state index contributed by atoms with van der Waals surface area (Å²) in [7, 11) is 0. The maximum absolute atomic E-state index is 13.5. The number of imidazole rings is 1. The number of ether oxygens (including phenoxy) is 3. The van der Waals surface area contributed by atoms with Crippen LogP contribution in [0, 0.1) is 5.82 Å². The zero-order chi connectivity index (χ0) is 23.5. The van der Waals surface area contributed by atoms with Crippen LogP contribution in [0.2, 0.25) is 0 Å². The van der Waals surface area contributed by atoms with Crippen molar-refractivity contribution < 1.29 is 23.4 Å². The largest absolute Gasteiger partial charge is 0.378 e. The Bertz CT molecular complexity index is 1120. The monoisotopic (exact) mass is 467 g/mol. The molecule has 2 aromatic heterocycles. The van der Waals surface area contributed by atoms with Crippen molar-refractivity contribution in [1.29, 1.82) is 0 Å². The molecule has 3 aromatic rings. The van der Waals surface area contributed by atoms with Crippen molar-refractivity contribution in [3.8, 4) is 22.5 Å². The van der Waals surface area contributed by atoms with Gasteiger partial charge in [-0.15, -0.1) is 0 Å². The van der Waals surface area contributed by atoms with E-state index in [1.165, 1.54) is 12.1 Å². The van der Waals surface area contributed by atoms with Crippen LogP contribution in [0.1, 0.15) is 19.0 Å². The van der Waals surface area contributed by atoms with Crippen LogP contribution < -0.4 is 5.32 Å². The van der Waals surface area contributed by atoms with Crippen LogP contribution in [0.4, 0.5) is 9.18 Å². The summed E-state index contributed by atoms with van der Waals surface area (Å²) in [5.74, 6) is 0.176. The fourth-order valence-corrected chi connectivity index (χ4v) is 3.99. The highest BCUT2D eigenvalue weighted by Crippen LogP contribution is 2.34. The number of morpholine rings is 1. The summed E-state index contributed by atoms with van der Waals surface area (Å²) in [5, 5.41) is 3.02. The fraction of sp³-hybridized carbons (Fsp3) is 0.375. The van der Waals surface area contributed by atoms with Crippen molar-refractivity contribution in [3.63, 3.8) is 0 Å². The predicted octanol–water partition coefficient (Wildman–Crippen LogP) is 3.12. The van der Waals surface area contributed by atoms with Gasteiger partial charge in [-0.25, -0.2) is 14.2 Å². The van der Waals surface area contributed by atoms with Gasteiger partial charge in [-0.1, -0.05) is 0 Å². The minimum Gasteiger partial charge on any atom is -0.378 e. The van der Waals surface area contributed by atoms with Gasteiger partial charge in [0.1, 0.15) is 5.82 Å². The normalized spacial score (nSPS) is 23.0. The van der Waals surface area contributed by atoms with Gasteiger partial charge < -0.3 is 29.4 Å². The number of rotatable bonds is 4. The average Bonchev–Trinajstić information content (AvgIpc) is 3.31. The van der Waals surface area contributed by atoms with Crippen LogP contribution in [0.25, 0.3) is 22.5 Å². The second-order valence-electron chi connectivity index (χ2n) is 8.63. The molecule has 9 nitrogen and oxygen atoms in total. The number of halogens is 1. The van der Waals surface area contributed by atoms with E-state index in [1.54, 1.807) is 29.4 Å². The maximum atomic E-state index is 13.5. The molecule has 0 radical (unpaired) electrons. The summed E-state index contributed by atoms with van der Waals surface area (Å²) in [5.41, 5.74) is 2.37. The Hall–Kier alpha value is -3.34. The number of aromatic nitrogens is 3. The Morgan fingerprint density at radius 2 is 1.76 bits per heavy atom. The van der Waals surface area contributed by atoms with Crippen LogP contribution in [0.15, 0.2) is 48.8 Å². The SMILES string of the molecule is CC1(NC(=O)N2CCOCC2)COC(c2nc(-c3ccc(F)cc3)c(-c3ccncc3)[nH]2)OC1. The lowest BCUT2D eigenvalue weighted by Gasteiger charge is -2.39. The molecule has 0 spiro atoms. The topological polar surface area (TPSA) is 102 Å². The van der Waals surface area contributed by atoms with Gasteiger partial charge in [0.15, 0.2) is 5.82 Å². The van der Waals surface area contributed by atoms with E-state index in [4.69, 9.17) is 19.2 Å². The number of nitrogens with one attached hydrogen (secondary N) is 2. The fourth-order valence-electron chi connectivity index (χ4n) is 3.99. The van der Waals surface area contributed by atoms with E-state index in [9.17, 15) is 9.18 Å². The molecule has 34 heavy (non-hydrogen) atoms. The van der Waals surface area contributed by atoms with E-state index in [2.05, 4.69) is 15.3 Å².